The molecule has 4 nitrogen and oxygen atoms in total. The number of rotatable bonds is 19. The maximum Gasteiger partial charge on any atom is 0.343 e. The lowest BCUT2D eigenvalue weighted by Crippen LogP contribution is -2.08. The van der Waals surface area contributed by atoms with E-state index in [9.17, 15) is 4.79 Å². The van der Waals surface area contributed by atoms with Crippen molar-refractivity contribution in [3.05, 3.63) is 78.0 Å². The van der Waals surface area contributed by atoms with Gasteiger partial charge in [-0.15, -0.1) is 0 Å². The molecule has 0 aliphatic carbocycles. The topological polar surface area (TPSA) is 48.4 Å². The molecule has 2 aromatic carbocycles. The first kappa shape index (κ1) is 30.4. The Kier molecular flexibility index (Phi) is 14.2. The number of ether oxygens (including phenoxy) is 2. The molecule has 0 atom stereocenters. The number of carbonyl (C=O) groups excluding carboxylic acids is 1. The standard InChI is InChI=1S/C35H47NO3/c1-3-5-7-9-11-12-14-16-29-17-19-31(20-18-29)35(37)39-32-23-21-30(22-24-32)34-26-25-33(28-36-34)38-27-15-13-10-8-6-4-2/h17-26,28H,3-16,27H2,1-2H3. The summed E-state index contributed by atoms with van der Waals surface area (Å²) in [4.78, 5) is 17.2. The number of nitrogens with zero attached hydrogens (tertiary/aromatic N) is 1. The van der Waals surface area contributed by atoms with Gasteiger partial charge in [-0.2, -0.15) is 0 Å². The predicted molar refractivity (Wildman–Crippen MR) is 162 cm³/mol. The Morgan fingerprint density at radius 3 is 1.85 bits per heavy atom. The third-order valence-electron chi connectivity index (χ3n) is 7.12. The molecule has 0 fully saturated rings. The summed E-state index contributed by atoms with van der Waals surface area (Å²) in [5, 5.41) is 0. The number of esters is 1. The fraction of sp³-hybridized carbons (Fsp3) is 0.486. The molecular formula is C35H47NO3. The average Bonchev–Trinajstić information content (AvgIpc) is 2.97. The van der Waals surface area contributed by atoms with E-state index < -0.39 is 0 Å². The molecule has 4 heteroatoms. The van der Waals surface area contributed by atoms with E-state index in [2.05, 4.69) is 18.8 Å². The van der Waals surface area contributed by atoms with Crippen molar-refractivity contribution >= 4 is 5.97 Å². The van der Waals surface area contributed by atoms with Gasteiger partial charge in [-0.3, -0.25) is 4.98 Å². The highest BCUT2D eigenvalue weighted by molar-refractivity contribution is 5.91. The Balaban J connectivity index is 1.39. The number of aryl methyl sites for hydroxylation is 1. The monoisotopic (exact) mass is 529 g/mol. The number of carbonyl (C=O) groups is 1. The number of hydrogen-bond donors (Lipinski definition) is 0. The zero-order valence-corrected chi connectivity index (χ0v) is 24.1. The lowest BCUT2D eigenvalue weighted by Gasteiger charge is -2.08. The van der Waals surface area contributed by atoms with Gasteiger partial charge in [-0.05, 0) is 73.4 Å². The van der Waals surface area contributed by atoms with E-state index in [-0.39, 0.29) is 5.97 Å². The number of aromatic nitrogens is 1. The van der Waals surface area contributed by atoms with Gasteiger partial charge in [-0.1, -0.05) is 96.6 Å². The summed E-state index contributed by atoms with van der Waals surface area (Å²) in [5.41, 5.74) is 3.67. The quantitative estimate of drug-likeness (QED) is 0.0880. The van der Waals surface area contributed by atoms with Crippen LogP contribution >= 0.6 is 0 Å². The molecule has 0 saturated carbocycles. The second-order valence-electron chi connectivity index (χ2n) is 10.5. The van der Waals surface area contributed by atoms with E-state index in [4.69, 9.17) is 9.47 Å². The summed E-state index contributed by atoms with van der Waals surface area (Å²) in [6.45, 7) is 5.22. The van der Waals surface area contributed by atoms with Gasteiger partial charge in [0.15, 0.2) is 0 Å². The zero-order valence-electron chi connectivity index (χ0n) is 24.1. The van der Waals surface area contributed by atoms with Gasteiger partial charge in [0.05, 0.1) is 24.1 Å². The third kappa shape index (κ3) is 11.6. The van der Waals surface area contributed by atoms with Crippen LogP contribution in [0.4, 0.5) is 0 Å². The van der Waals surface area contributed by atoms with E-state index in [0.29, 0.717) is 11.3 Å². The van der Waals surface area contributed by atoms with Crippen LogP contribution in [0.1, 0.15) is 113 Å². The molecule has 3 rings (SSSR count). The van der Waals surface area contributed by atoms with Crippen molar-refractivity contribution in [2.24, 2.45) is 0 Å². The molecule has 0 aliphatic heterocycles. The number of pyridine rings is 1. The molecule has 0 N–H and O–H groups in total. The summed E-state index contributed by atoms with van der Waals surface area (Å²) in [6.07, 6.45) is 19.5. The second kappa shape index (κ2) is 18.2. The van der Waals surface area contributed by atoms with Gasteiger partial charge < -0.3 is 9.47 Å². The molecule has 0 spiro atoms. The SMILES string of the molecule is CCCCCCCCCc1ccc(C(=O)Oc2ccc(-c3ccc(OCCCCCCCC)cn3)cc2)cc1. The van der Waals surface area contributed by atoms with Crippen molar-refractivity contribution in [3.8, 4) is 22.8 Å². The lowest BCUT2D eigenvalue weighted by atomic mass is 10.0. The summed E-state index contributed by atoms with van der Waals surface area (Å²) in [6, 6.07) is 19.2. The van der Waals surface area contributed by atoms with E-state index in [1.54, 1.807) is 6.20 Å². The van der Waals surface area contributed by atoms with Crippen LogP contribution in [0.25, 0.3) is 11.3 Å². The molecule has 210 valence electrons. The molecule has 0 bridgehead atoms. The highest BCUT2D eigenvalue weighted by Crippen LogP contribution is 2.23. The Morgan fingerprint density at radius 1 is 0.641 bits per heavy atom. The van der Waals surface area contributed by atoms with Gasteiger partial charge in [0.25, 0.3) is 0 Å². The maximum atomic E-state index is 12.6. The van der Waals surface area contributed by atoms with Gasteiger partial charge in [0, 0.05) is 5.56 Å². The van der Waals surface area contributed by atoms with Gasteiger partial charge in [-0.25, -0.2) is 4.79 Å². The Morgan fingerprint density at radius 2 is 1.23 bits per heavy atom. The fourth-order valence-electron chi connectivity index (χ4n) is 4.66. The maximum absolute atomic E-state index is 12.6. The second-order valence-corrected chi connectivity index (χ2v) is 10.5. The minimum absolute atomic E-state index is 0.338. The first-order chi connectivity index (χ1) is 19.2. The van der Waals surface area contributed by atoms with Crippen molar-refractivity contribution in [2.75, 3.05) is 6.61 Å². The van der Waals surface area contributed by atoms with Crippen LogP contribution in [-0.2, 0) is 6.42 Å². The van der Waals surface area contributed by atoms with E-state index in [1.165, 1.54) is 82.6 Å². The molecule has 1 aromatic heterocycles. The largest absolute Gasteiger partial charge is 0.492 e. The van der Waals surface area contributed by atoms with Gasteiger partial charge >= 0.3 is 5.97 Å². The van der Waals surface area contributed by atoms with Crippen LogP contribution in [0.2, 0.25) is 0 Å². The van der Waals surface area contributed by atoms with Crippen molar-refractivity contribution in [3.63, 3.8) is 0 Å². The first-order valence-corrected chi connectivity index (χ1v) is 15.2. The molecule has 0 amide bonds. The number of benzene rings is 2. The predicted octanol–water partition coefficient (Wildman–Crippen LogP) is 10.0. The fourth-order valence-corrected chi connectivity index (χ4v) is 4.66. The molecule has 1 heterocycles. The van der Waals surface area contributed by atoms with Crippen molar-refractivity contribution in [1.29, 1.82) is 0 Å². The van der Waals surface area contributed by atoms with Crippen molar-refractivity contribution < 1.29 is 14.3 Å². The molecule has 3 aromatic rings. The zero-order chi connectivity index (χ0) is 27.5. The van der Waals surface area contributed by atoms with Crippen molar-refractivity contribution in [2.45, 2.75) is 104 Å². The van der Waals surface area contributed by atoms with Gasteiger partial charge in [0.2, 0.25) is 0 Å². The normalized spacial score (nSPS) is 10.9. The molecular weight excluding hydrogens is 482 g/mol. The van der Waals surface area contributed by atoms with E-state index in [1.807, 2.05) is 60.7 Å². The molecule has 0 radical (unpaired) electrons. The Bertz CT molecular complexity index is 1060. The summed E-state index contributed by atoms with van der Waals surface area (Å²) in [5.74, 6) is 0.983. The molecule has 0 saturated heterocycles. The number of unbranched alkanes of at least 4 members (excludes halogenated alkanes) is 11. The smallest absolute Gasteiger partial charge is 0.343 e. The van der Waals surface area contributed by atoms with Crippen LogP contribution in [0.15, 0.2) is 66.9 Å². The highest BCUT2D eigenvalue weighted by atomic mass is 16.5. The van der Waals surface area contributed by atoms with Crippen molar-refractivity contribution in [1.82, 2.24) is 4.98 Å². The lowest BCUT2D eigenvalue weighted by molar-refractivity contribution is 0.0734. The van der Waals surface area contributed by atoms with E-state index in [0.717, 1.165) is 36.5 Å². The summed E-state index contributed by atoms with van der Waals surface area (Å²) in [7, 11) is 0. The van der Waals surface area contributed by atoms with E-state index >= 15 is 0 Å². The summed E-state index contributed by atoms with van der Waals surface area (Å²) >= 11 is 0. The Labute approximate surface area is 236 Å². The van der Waals surface area contributed by atoms with Crippen LogP contribution in [0.5, 0.6) is 11.5 Å². The molecule has 0 unspecified atom stereocenters. The third-order valence-corrected chi connectivity index (χ3v) is 7.12. The summed E-state index contributed by atoms with van der Waals surface area (Å²) < 4.78 is 11.4. The minimum atomic E-state index is -0.338. The van der Waals surface area contributed by atoms with Crippen LogP contribution in [-0.4, -0.2) is 17.6 Å². The number of hydrogen-bond acceptors (Lipinski definition) is 4. The Hall–Kier alpha value is -3.14. The van der Waals surface area contributed by atoms with Crippen LogP contribution in [0, 0.1) is 0 Å². The van der Waals surface area contributed by atoms with Gasteiger partial charge in [0.1, 0.15) is 11.5 Å². The average molecular weight is 530 g/mol. The minimum Gasteiger partial charge on any atom is -0.492 e. The molecule has 0 aliphatic rings. The van der Waals surface area contributed by atoms with Crippen LogP contribution < -0.4 is 9.47 Å². The molecule has 39 heavy (non-hydrogen) atoms. The van der Waals surface area contributed by atoms with Crippen LogP contribution in [0.3, 0.4) is 0 Å². The highest BCUT2D eigenvalue weighted by Gasteiger charge is 2.09. The first-order valence-electron chi connectivity index (χ1n) is 15.2.